The van der Waals surface area contributed by atoms with Crippen molar-refractivity contribution < 1.29 is 9.15 Å². The van der Waals surface area contributed by atoms with Crippen LogP contribution in [0.3, 0.4) is 0 Å². The first-order valence-electron chi connectivity index (χ1n) is 6.29. The molecule has 0 aliphatic heterocycles. The van der Waals surface area contributed by atoms with Crippen molar-refractivity contribution in [1.29, 1.82) is 0 Å². The molecule has 5 heteroatoms. The largest absolute Gasteiger partial charge is 0.423 e. The first-order chi connectivity index (χ1) is 8.81. The third-order valence-electron chi connectivity index (χ3n) is 2.99. The summed E-state index contributed by atoms with van der Waals surface area (Å²) in [6.07, 6.45) is 2.64. The standard InChI is InChI=1S/C13H17N3O2/c14-10-3-4-11-12(7-10)18-13(16-11)15-5-6-17-8-9-1-2-9/h3-4,7,9H,1-2,5-6,8,14H2,(H,15,16). The predicted octanol–water partition coefficient (Wildman–Crippen LogP) is 2.25. The van der Waals surface area contributed by atoms with Gasteiger partial charge in [-0.3, -0.25) is 0 Å². The number of aromatic nitrogens is 1. The van der Waals surface area contributed by atoms with Crippen molar-refractivity contribution >= 4 is 22.8 Å². The lowest BCUT2D eigenvalue weighted by Gasteiger charge is -2.02. The van der Waals surface area contributed by atoms with Crippen molar-refractivity contribution in [1.82, 2.24) is 4.98 Å². The summed E-state index contributed by atoms with van der Waals surface area (Å²) in [4.78, 5) is 4.31. The molecule has 1 aromatic carbocycles. The lowest BCUT2D eigenvalue weighted by atomic mass is 10.3. The molecule has 1 fully saturated rings. The molecule has 1 saturated carbocycles. The number of nitrogens with one attached hydrogen (secondary N) is 1. The fraction of sp³-hybridized carbons (Fsp3) is 0.462. The number of rotatable bonds is 6. The highest BCUT2D eigenvalue weighted by molar-refractivity contribution is 5.77. The van der Waals surface area contributed by atoms with Gasteiger partial charge in [-0.2, -0.15) is 4.98 Å². The first-order valence-corrected chi connectivity index (χ1v) is 6.29. The minimum Gasteiger partial charge on any atom is -0.423 e. The number of anilines is 2. The Bertz CT molecular complexity index is 534. The fourth-order valence-corrected chi connectivity index (χ4v) is 1.78. The Balaban J connectivity index is 1.50. The highest BCUT2D eigenvalue weighted by Gasteiger charge is 2.20. The predicted molar refractivity (Wildman–Crippen MR) is 70.5 cm³/mol. The number of fused-ring (bicyclic) bond motifs is 1. The molecule has 1 heterocycles. The summed E-state index contributed by atoms with van der Waals surface area (Å²) >= 11 is 0. The topological polar surface area (TPSA) is 73.3 Å². The molecule has 5 nitrogen and oxygen atoms in total. The summed E-state index contributed by atoms with van der Waals surface area (Å²) in [6, 6.07) is 5.96. The fourth-order valence-electron chi connectivity index (χ4n) is 1.78. The normalized spacial score (nSPS) is 15.1. The zero-order valence-electron chi connectivity index (χ0n) is 10.2. The van der Waals surface area contributed by atoms with Crippen LogP contribution in [0.2, 0.25) is 0 Å². The lowest BCUT2D eigenvalue weighted by Crippen LogP contribution is -2.10. The van der Waals surface area contributed by atoms with E-state index in [9.17, 15) is 0 Å². The van der Waals surface area contributed by atoms with Crippen LogP contribution in [-0.4, -0.2) is 24.7 Å². The molecular formula is C13H17N3O2. The average molecular weight is 247 g/mol. The maximum absolute atomic E-state index is 5.68. The molecule has 0 bridgehead atoms. The summed E-state index contributed by atoms with van der Waals surface area (Å²) in [5.41, 5.74) is 7.87. The van der Waals surface area contributed by atoms with Gasteiger partial charge in [0.15, 0.2) is 5.58 Å². The maximum Gasteiger partial charge on any atom is 0.295 e. The Morgan fingerprint density at radius 3 is 3.17 bits per heavy atom. The highest BCUT2D eigenvalue weighted by atomic mass is 16.5. The number of ether oxygens (including phenoxy) is 1. The molecule has 0 amide bonds. The van der Waals surface area contributed by atoms with Crippen molar-refractivity contribution in [2.75, 3.05) is 30.8 Å². The Kier molecular flexibility index (Phi) is 3.06. The Morgan fingerprint density at radius 2 is 2.33 bits per heavy atom. The van der Waals surface area contributed by atoms with E-state index in [1.807, 2.05) is 12.1 Å². The third kappa shape index (κ3) is 2.73. The van der Waals surface area contributed by atoms with Gasteiger partial charge in [0.1, 0.15) is 5.52 Å². The van der Waals surface area contributed by atoms with Crippen LogP contribution in [-0.2, 0) is 4.74 Å². The van der Waals surface area contributed by atoms with Crippen LogP contribution in [0, 0.1) is 5.92 Å². The molecule has 96 valence electrons. The van der Waals surface area contributed by atoms with E-state index < -0.39 is 0 Å². The molecule has 1 aliphatic carbocycles. The van der Waals surface area contributed by atoms with E-state index in [0.29, 0.717) is 30.4 Å². The number of hydrogen-bond donors (Lipinski definition) is 2. The minimum absolute atomic E-state index is 0.519. The van der Waals surface area contributed by atoms with Gasteiger partial charge in [-0.1, -0.05) is 0 Å². The first kappa shape index (κ1) is 11.3. The van der Waals surface area contributed by atoms with E-state index >= 15 is 0 Å². The number of nitrogen functional groups attached to an aromatic ring is 1. The van der Waals surface area contributed by atoms with Gasteiger partial charge in [-0.05, 0) is 30.9 Å². The molecule has 3 N–H and O–H groups in total. The van der Waals surface area contributed by atoms with E-state index in [1.165, 1.54) is 12.8 Å². The van der Waals surface area contributed by atoms with Crippen LogP contribution < -0.4 is 11.1 Å². The second kappa shape index (κ2) is 4.86. The van der Waals surface area contributed by atoms with Gasteiger partial charge in [0.2, 0.25) is 0 Å². The van der Waals surface area contributed by atoms with Crippen molar-refractivity contribution in [3.63, 3.8) is 0 Å². The van der Waals surface area contributed by atoms with Crippen LogP contribution in [0.15, 0.2) is 22.6 Å². The number of hydrogen-bond acceptors (Lipinski definition) is 5. The van der Waals surface area contributed by atoms with Crippen LogP contribution in [0.1, 0.15) is 12.8 Å². The van der Waals surface area contributed by atoms with Crippen LogP contribution in [0.25, 0.3) is 11.1 Å². The molecular weight excluding hydrogens is 230 g/mol. The summed E-state index contributed by atoms with van der Waals surface area (Å²) in [6.45, 7) is 2.26. The van der Waals surface area contributed by atoms with Gasteiger partial charge in [-0.15, -0.1) is 0 Å². The van der Waals surface area contributed by atoms with E-state index in [1.54, 1.807) is 6.07 Å². The zero-order valence-corrected chi connectivity index (χ0v) is 10.2. The zero-order chi connectivity index (χ0) is 12.4. The molecule has 0 radical (unpaired) electrons. The number of nitrogens with two attached hydrogens (primary N) is 1. The molecule has 0 atom stereocenters. The third-order valence-corrected chi connectivity index (χ3v) is 2.99. The maximum atomic E-state index is 5.68. The van der Waals surface area contributed by atoms with Crippen molar-refractivity contribution in [2.24, 2.45) is 5.92 Å². The lowest BCUT2D eigenvalue weighted by molar-refractivity contribution is 0.133. The van der Waals surface area contributed by atoms with Crippen molar-refractivity contribution in [2.45, 2.75) is 12.8 Å². The van der Waals surface area contributed by atoms with Gasteiger partial charge >= 0.3 is 0 Å². The van der Waals surface area contributed by atoms with Gasteiger partial charge in [0.25, 0.3) is 6.01 Å². The van der Waals surface area contributed by atoms with Crippen LogP contribution >= 0.6 is 0 Å². The van der Waals surface area contributed by atoms with Gasteiger partial charge in [0.05, 0.1) is 6.61 Å². The summed E-state index contributed by atoms with van der Waals surface area (Å²) in [5, 5.41) is 3.10. The van der Waals surface area contributed by atoms with E-state index in [4.69, 9.17) is 14.9 Å². The molecule has 3 rings (SSSR count). The average Bonchev–Trinajstić information content (AvgIpc) is 3.08. The van der Waals surface area contributed by atoms with E-state index in [2.05, 4.69) is 10.3 Å². The van der Waals surface area contributed by atoms with E-state index in [-0.39, 0.29) is 0 Å². The van der Waals surface area contributed by atoms with Gasteiger partial charge in [-0.25, -0.2) is 0 Å². The molecule has 1 aromatic heterocycles. The summed E-state index contributed by atoms with van der Waals surface area (Å²) in [7, 11) is 0. The second-order valence-electron chi connectivity index (χ2n) is 4.69. The summed E-state index contributed by atoms with van der Waals surface area (Å²) < 4.78 is 11.1. The molecule has 0 spiro atoms. The quantitative estimate of drug-likeness (QED) is 0.605. The number of nitrogens with zero attached hydrogens (tertiary/aromatic N) is 1. The van der Waals surface area contributed by atoms with E-state index in [0.717, 1.165) is 18.0 Å². The Labute approximate surface area is 105 Å². The molecule has 18 heavy (non-hydrogen) atoms. The molecule has 1 aliphatic rings. The molecule has 0 saturated heterocycles. The summed E-state index contributed by atoms with van der Waals surface area (Å²) in [5.74, 6) is 0.803. The van der Waals surface area contributed by atoms with Gasteiger partial charge in [0, 0.05) is 24.9 Å². The Morgan fingerprint density at radius 1 is 1.44 bits per heavy atom. The smallest absolute Gasteiger partial charge is 0.295 e. The van der Waals surface area contributed by atoms with Crippen molar-refractivity contribution in [3.05, 3.63) is 18.2 Å². The SMILES string of the molecule is Nc1ccc2nc(NCCOCC3CC3)oc2c1. The van der Waals surface area contributed by atoms with Crippen LogP contribution in [0.4, 0.5) is 11.7 Å². The second-order valence-corrected chi connectivity index (χ2v) is 4.69. The molecule has 2 aromatic rings. The molecule has 0 unspecified atom stereocenters. The Hall–Kier alpha value is -1.75. The minimum atomic E-state index is 0.519. The monoisotopic (exact) mass is 247 g/mol. The van der Waals surface area contributed by atoms with Gasteiger partial charge < -0.3 is 20.2 Å². The number of benzene rings is 1. The van der Waals surface area contributed by atoms with Crippen LogP contribution in [0.5, 0.6) is 0 Å². The number of oxazole rings is 1. The highest BCUT2D eigenvalue weighted by Crippen LogP contribution is 2.28. The van der Waals surface area contributed by atoms with Crippen molar-refractivity contribution in [3.8, 4) is 0 Å².